The maximum absolute atomic E-state index is 13.6. The molecule has 1 fully saturated rings. The van der Waals surface area contributed by atoms with Gasteiger partial charge in [0.2, 0.25) is 5.91 Å². The normalized spacial score (nSPS) is 16.3. The summed E-state index contributed by atoms with van der Waals surface area (Å²) in [6.07, 6.45) is 3.59. The van der Waals surface area contributed by atoms with Crippen molar-refractivity contribution >= 4 is 5.91 Å². The largest absolute Gasteiger partial charge is 0.351 e. The second kappa shape index (κ2) is 6.53. The fraction of sp³-hybridized carbons (Fsp3) is 0.350. The van der Waals surface area contributed by atoms with Gasteiger partial charge in [0.1, 0.15) is 5.82 Å². The summed E-state index contributed by atoms with van der Waals surface area (Å²) in [4.78, 5) is 12.9. The number of aryl methyl sites for hydroxylation is 1. The molecule has 3 heteroatoms. The summed E-state index contributed by atoms with van der Waals surface area (Å²) in [7, 11) is 0. The standard InChI is InChI=1S/C20H22FNO/c1-15-6-4-7-16(12-15)14-22-19(23)20(10-2-3-11-20)17-8-5-9-18(21)13-17/h4-9,12-13H,2-3,10-11,14H2,1H3,(H,22,23). The summed E-state index contributed by atoms with van der Waals surface area (Å²) < 4.78 is 13.6. The quantitative estimate of drug-likeness (QED) is 0.898. The Morgan fingerprint density at radius 2 is 1.87 bits per heavy atom. The van der Waals surface area contributed by atoms with Crippen molar-refractivity contribution in [3.05, 3.63) is 71.0 Å². The summed E-state index contributed by atoms with van der Waals surface area (Å²) >= 11 is 0. The van der Waals surface area contributed by atoms with Crippen LogP contribution in [0.1, 0.15) is 42.4 Å². The van der Waals surface area contributed by atoms with E-state index in [9.17, 15) is 9.18 Å². The number of hydrogen-bond donors (Lipinski definition) is 1. The highest BCUT2D eigenvalue weighted by atomic mass is 19.1. The van der Waals surface area contributed by atoms with E-state index in [2.05, 4.69) is 11.4 Å². The molecule has 120 valence electrons. The molecule has 1 aliphatic carbocycles. The minimum absolute atomic E-state index is 0.0158. The van der Waals surface area contributed by atoms with Crippen molar-refractivity contribution < 1.29 is 9.18 Å². The van der Waals surface area contributed by atoms with E-state index in [0.717, 1.165) is 36.8 Å². The van der Waals surface area contributed by atoms with Gasteiger partial charge in [-0.15, -0.1) is 0 Å². The molecule has 1 amide bonds. The Morgan fingerprint density at radius 1 is 1.13 bits per heavy atom. The van der Waals surface area contributed by atoms with E-state index in [4.69, 9.17) is 0 Å². The Morgan fingerprint density at radius 3 is 2.57 bits per heavy atom. The van der Waals surface area contributed by atoms with E-state index < -0.39 is 5.41 Å². The van der Waals surface area contributed by atoms with Gasteiger partial charge >= 0.3 is 0 Å². The maximum Gasteiger partial charge on any atom is 0.230 e. The molecule has 0 bridgehead atoms. The second-order valence-electron chi connectivity index (χ2n) is 6.47. The molecule has 0 radical (unpaired) electrons. The fourth-order valence-electron chi connectivity index (χ4n) is 3.59. The van der Waals surface area contributed by atoms with Crippen LogP contribution in [0.25, 0.3) is 0 Å². The van der Waals surface area contributed by atoms with Crippen molar-refractivity contribution in [3.63, 3.8) is 0 Å². The van der Waals surface area contributed by atoms with Crippen LogP contribution in [-0.4, -0.2) is 5.91 Å². The predicted molar refractivity (Wildman–Crippen MR) is 89.6 cm³/mol. The first kappa shape index (κ1) is 15.7. The molecule has 2 aromatic rings. The van der Waals surface area contributed by atoms with Crippen LogP contribution in [0.3, 0.4) is 0 Å². The number of halogens is 1. The summed E-state index contributed by atoms with van der Waals surface area (Å²) in [6, 6.07) is 14.6. The molecule has 0 aromatic heterocycles. The SMILES string of the molecule is Cc1cccc(CNC(=O)C2(c3cccc(F)c3)CCCC2)c1. The van der Waals surface area contributed by atoms with Crippen molar-refractivity contribution in [1.82, 2.24) is 5.32 Å². The van der Waals surface area contributed by atoms with Gasteiger partial charge in [0.25, 0.3) is 0 Å². The van der Waals surface area contributed by atoms with Crippen LogP contribution in [0, 0.1) is 12.7 Å². The van der Waals surface area contributed by atoms with Crippen LogP contribution in [-0.2, 0) is 16.8 Å². The Hall–Kier alpha value is -2.16. The molecule has 2 aromatic carbocycles. The number of nitrogens with one attached hydrogen (secondary N) is 1. The van der Waals surface area contributed by atoms with Crippen LogP contribution in [0.15, 0.2) is 48.5 Å². The van der Waals surface area contributed by atoms with Gasteiger partial charge in [-0.2, -0.15) is 0 Å². The lowest BCUT2D eigenvalue weighted by molar-refractivity contribution is -0.126. The molecule has 0 unspecified atom stereocenters. The Labute approximate surface area is 136 Å². The fourth-order valence-corrected chi connectivity index (χ4v) is 3.59. The zero-order valence-corrected chi connectivity index (χ0v) is 13.4. The third-order valence-electron chi connectivity index (χ3n) is 4.80. The van der Waals surface area contributed by atoms with Gasteiger partial charge in [-0.05, 0) is 43.0 Å². The predicted octanol–water partition coefficient (Wildman–Crippen LogP) is 4.26. The van der Waals surface area contributed by atoms with Crippen LogP contribution >= 0.6 is 0 Å². The molecule has 0 heterocycles. The smallest absolute Gasteiger partial charge is 0.230 e. The van der Waals surface area contributed by atoms with E-state index in [1.165, 1.54) is 17.7 Å². The third-order valence-corrected chi connectivity index (χ3v) is 4.80. The first-order valence-electron chi connectivity index (χ1n) is 8.20. The van der Waals surface area contributed by atoms with Gasteiger partial charge in [-0.3, -0.25) is 4.79 Å². The zero-order chi connectivity index (χ0) is 16.3. The minimum atomic E-state index is -0.577. The van der Waals surface area contributed by atoms with Gasteiger partial charge in [-0.25, -0.2) is 4.39 Å². The van der Waals surface area contributed by atoms with Crippen LogP contribution in [0.4, 0.5) is 4.39 Å². The van der Waals surface area contributed by atoms with E-state index in [-0.39, 0.29) is 11.7 Å². The van der Waals surface area contributed by atoms with Gasteiger partial charge in [0.15, 0.2) is 0 Å². The summed E-state index contributed by atoms with van der Waals surface area (Å²) in [5.74, 6) is -0.262. The number of carbonyl (C=O) groups excluding carboxylic acids is 1. The monoisotopic (exact) mass is 311 g/mol. The van der Waals surface area contributed by atoms with Crippen LogP contribution < -0.4 is 5.32 Å². The number of hydrogen-bond acceptors (Lipinski definition) is 1. The zero-order valence-electron chi connectivity index (χ0n) is 13.4. The van der Waals surface area contributed by atoms with E-state index in [1.807, 2.05) is 31.2 Å². The summed E-state index contributed by atoms with van der Waals surface area (Å²) in [5.41, 5.74) is 2.49. The van der Waals surface area contributed by atoms with Gasteiger partial charge < -0.3 is 5.32 Å². The average Bonchev–Trinajstić information content (AvgIpc) is 3.04. The minimum Gasteiger partial charge on any atom is -0.351 e. The molecule has 0 aliphatic heterocycles. The van der Waals surface area contributed by atoms with Crippen molar-refractivity contribution in [2.45, 2.75) is 44.6 Å². The summed E-state index contributed by atoms with van der Waals surface area (Å²) in [6.45, 7) is 2.55. The molecule has 0 saturated heterocycles. The van der Waals surface area contributed by atoms with Gasteiger partial charge in [0.05, 0.1) is 5.41 Å². The molecule has 1 N–H and O–H groups in total. The highest BCUT2D eigenvalue weighted by Gasteiger charge is 2.42. The number of amides is 1. The molecule has 0 atom stereocenters. The number of rotatable bonds is 4. The highest BCUT2D eigenvalue weighted by molar-refractivity contribution is 5.88. The molecule has 23 heavy (non-hydrogen) atoms. The van der Waals surface area contributed by atoms with Crippen molar-refractivity contribution in [1.29, 1.82) is 0 Å². The Balaban J connectivity index is 1.79. The first-order chi connectivity index (χ1) is 11.1. The lowest BCUT2D eigenvalue weighted by Crippen LogP contribution is -2.42. The average molecular weight is 311 g/mol. The second-order valence-corrected chi connectivity index (χ2v) is 6.47. The third kappa shape index (κ3) is 3.29. The topological polar surface area (TPSA) is 29.1 Å². The number of carbonyl (C=O) groups is 1. The Kier molecular flexibility index (Phi) is 4.46. The first-order valence-corrected chi connectivity index (χ1v) is 8.20. The van der Waals surface area contributed by atoms with Crippen molar-refractivity contribution in [2.75, 3.05) is 0 Å². The highest BCUT2D eigenvalue weighted by Crippen LogP contribution is 2.41. The van der Waals surface area contributed by atoms with E-state index >= 15 is 0 Å². The molecular weight excluding hydrogens is 289 g/mol. The molecule has 1 saturated carbocycles. The number of benzene rings is 2. The lowest BCUT2D eigenvalue weighted by Gasteiger charge is -2.28. The molecule has 0 spiro atoms. The van der Waals surface area contributed by atoms with E-state index in [1.54, 1.807) is 6.07 Å². The van der Waals surface area contributed by atoms with Gasteiger partial charge in [-0.1, -0.05) is 54.8 Å². The van der Waals surface area contributed by atoms with Crippen molar-refractivity contribution in [2.24, 2.45) is 0 Å². The Bertz CT molecular complexity index is 704. The molecule has 3 rings (SSSR count). The van der Waals surface area contributed by atoms with E-state index in [0.29, 0.717) is 6.54 Å². The van der Waals surface area contributed by atoms with Crippen LogP contribution in [0.5, 0.6) is 0 Å². The van der Waals surface area contributed by atoms with Crippen LogP contribution in [0.2, 0.25) is 0 Å². The van der Waals surface area contributed by atoms with Gasteiger partial charge in [0, 0.05) is 6.54 Å². The summed E-state index contributed by atoms with van der Waals surface area (Å²) in [5, 5.41) is 3.07. The molecular formula is C20H22FNO. The maximum atomic E-state index is 13.6. The van der Waals surface area contributed by atoms with Crippen molar-refractivity contribution in [3.8, 4) is 0 Å². The molecule has 2 nitrogen and oxygen atoms in total. The lowest BCUT2D eigenvalue weighted by atomic mass is 9.78. The molecule has 1 aliphatic rings.